The zero-order chi connectivity index (χ0) is 11.4. The van der Waals surface area contributed by atoms with Gasteiger partial charge in [-0.3, -0.25) is 0 Å². The average Bonchev–Trinajstić information content (AvgIpc) is 3.10. The summed E-state index contributed by atoms with van der Waals surface area (Å²) in [6.07, 6.45) is 6.42. The first-order valence-electron chi connectivity index (χ1n) is 5.39. The molecule has 0 saturated heterocycles. The summed E-state index contributed by atoms with van der Waals surface area (Å²) in [5, 5.41) is 12.0. The van der Waals surface area contributed by atoms with Gasteiger partial charge in [-0.25, -0.2) is 4.39 Å². The number of hydrogen-bond acceptors (Lipinski definition) is 2. The van der Waals surface area contributed by atoms with Gasteiger partial charge in [-0.1, -0.05) is 18.2 Å². The second kappa shape index (κ2) is 4.91. The molecule has 1 aromatic carbocycles. The molecule has 0 spiro atoms. The Morgan fingerprint density at radius 2 is 2.31 bits per heavy atom. The molecule has 2 rings (SSSR count). The number of benzene rings is 1. The van der Waals surface area contributed by atoms with E-state index in [0.717, 1.165) is 12.1 Å². The first-order chi connectivity index (χ1) is 7.79. The summed E-state index contributed by atoms with van der Waals surface area (Å²) in [5.74, 6) is -0.462. The van der Waals surface area contributed by atoms with Crippen LogP contribution in [0.4, 0.5) is 4.39 Å². The lowest BCUT2D eigenvalue weighted by Gasteiger charge is -1.97. The minimum atomic E-state index is -0.462. The predicted octanol–water partition coefficient (Wildman–Crippen LogP) is 2.46. The molecule has 1 aromatic rings. The number of nitriles is 1. The molecule has 1 saturated carbocycles. The highest BCUT2D eigenvalue weighted by Gasteiger charge is 2.18. The van der Waals surface area contributed by atoms with E-state index in [4.69, 9.17) is 5.26 Å². The first kappa shape index (κ1) is 10.8. The Morgan fingerprint density at radius 3 is 3.00 bits per heavy atom. The lowest BCUT2D eigenvalue weighted by atomic mass is 10.1. The third kappa shape index (κ3) is 2.91. The van der Waals surface area contributed by atoms with E-state index in [-0.39, 0.29) is 5.56 Å². The maximum Gasteiger partial charge on any atom is 0.140 e. The van der Waals surface area contributed by atoms with Gasteiger partial charge in [0.15, 0.2) is 0 Å². The van der Waals surface area contributed by atoms with Gasteiger partial charge in [0.2, 0.25) is 0 Å². The Labute approximate surface area is 94.4 Å². The van der Waals surface area contributed by atoms with Crippen molar-refractivity contribution in [3.8, 4) is 6.07 Å². The molecule has 0 amide bonds. The third-order valence-electron chi connectivity index (χ3n) is 2.52. The SMILES string of the molecule is N#Cc1cc(/C=C/CNC2CC2)ccc1F. The molecule has 0 radical (unpaired) electrons. The highest BCUT2D eigenvalue weighted by Crippen LogP contribution is 2.18. The summed E-state index contributed by atoms with van der Waals surface area (Å²) >= 11 is 0. The summed E-state index contributed by atoms with van der Waals surface area (Å²) in [4.78, 5) is 0. The molecule has 2 nitrogen and oxygen atoms in total. The number of nitrogens with one attached hydrogen (secondary N) is 1. The smallest absolute Gasteiger partial charge is 0.140 e. The highest BCUT2D eigenvalue weighted by molar-refractivity contribution is 5.52. The van der Waals surface area contributed by atoms with E-state index in [2.05, 4.69) is 5.32 Å². The zero-order valence-corrected chi connectivity index (χ0v) is 8.91. The lowest BCUT2D eigenvalue weighted by Crippen LogP contribution is -2.15. The van der Waals surface area contributed by atoms with Crippen molar-refractivity contribution in [2.45, 2.75) is 18.9 Å². The van der Waals surface area contributed by atoms with Gasteiger partial charge in [-0.2, -0.15) is 5.26 Å². The van der Waals surface area contributed by atoms with Gasteiger partial charge in [0.1, 0.15) is 11.9 Å². The van der Waals surface area contributed by atoms with Crippen LogP contribution < -0.4 is 5.32 Å². The number of hydrogen-bond donors (Lipinski definition) is 1. The summed E-state index contributed by atoms with van der Waals surface area (Å²) in [6, 6.07) is 7.07. The first-order valence-corrected chi connectivity index (χ1v) is 5.39. The fraction of sp³-hybridized carbons (Fsp3) is 0.308. The van der Waals surface area contributed by atoms with Crippen LogP contribution in [0, 0.1) is 17.1 Å². The summed E-state index contributed by atoms with van der Waals surface area (Å²) in [5.41, 5.74) is 0.952. The maximum absolute atomic E-state index is 13.0. The molecular formula is C13H13FN2. The van der Waals surface area contributed by atoms with E-state index in [0.29, 0.717) is 6.04 Å². The van der Waals surface area contributed by atoms with Crippen LogP contribution in [0.3, 0.4) is 0 Å². The van der Waals surface area contributed by atoms with Crippen molar-refractivity contribution < 1.29 is 4.39 Å². The van der Waals surface area contributed by atoms with Crippen LogP contribution in [0.1, 0.15) is 24.0 Å². The van der Waals surface area contributed by atoms with E-state index in [1.54, 1.807) is 12.1 Å². The second-order valence-electron chi connectivity index (χ2n) is 3.94. The van der Waals surface area contributed by atoms with Crippen molar-refractivity contribution in [1.82, 2.24) is 5.32 Å². The van der Waals surface area contributed by atoms with Crippen LogP contribution in [0.25, 0.3) is 6.08 Å². The van der Waals surface area contributed by atoms with E-state index >= 15 is 0 Å². The fourth-order valence-electron chi connectivity index (χ4n) is 1.45. The van der Waals surface area contributed by atoms with Gasteiger partial charge >= 0.3 is 0 Å². The Bertz CT molecular complexity index is 442. The Balaban J connectivity index is 1.95. The Morgan fingerprint density at radius 1 is 1.50 bits per heavy atom. The van der Waals surface area contributed by atoms with Gasteiger partial charge in [0.25, 0.3) is 0 Å². The predicted molar refractivity (Wildman–Crippen MR) is 61.2 cm³/mol. The molecule has 1 aliphatic carbocycles. The van der Waals surface area contributed by atoms with Crippen molar-refractivity contribution in [3.05, 3.63) is 41.2 Å². The van der Waals surface area contributed by atoms with E-state index in [1.807, 2.05) is 18.2 Å². The topological polar surface area (TPSA) is 35.8 Å². The van der Waals surface area contributed by atoms with Crippen LogP contribution in [0.2, 0.25) is 0 Å². The van der Waals surface area contributed by atoms with Crippen LogP contribution in [-0.4, -0.2) is 12.6 Å². The summed E-state index contributed by atoms with van der Waals surface area (Å²) < 4.78 is 13.0. The Hall–Kier alpha value is -1.66. The van der Waals surface area contributed by atoms with Crippen LogP contribution in [0.5, 0.6) is 0 Å². The molecule has 0 atom stereocenters. The van der Waals surface area contributed by atoms with Crippen LogP contribution in [-0.2, 0) is 0 Å². The molecule has 1 aliphatic rings. The number of rotatable bonds is 4. The van der Waals surface area contributed by atoms with Crippen LogP contribution in [0.15, 0.2) is 24.3 Å². The molecule has 16 heavy (non-hydrogen) atoms. The highest BCUT2D eigenvalue weighted by atomic mass is 19.1. The van der Waals surface area contributed by atoms with Crippen molar-refractivity contribution in [2.75, 3.05) is 6.54 Å². The van der Waals surface area contributed by atoms with Gasteiger partial charge in [0.05, 0.1) is 5.56 Å². The number of halogens is 1. The summed E-state index contributed by atoms with van der Waals surface area (Å²) in [7, 11) is 0. The monoisotopic (exact) mass is 216 g/mol. The van der Waals surface area contributed by atoms with E-state index in [1.165, 1.54) is 18.9 Å². The molecular weight excluding hydrogens is 203 g/mol. The van der Waals surface area contributed by atoms with Crippen molar-refractivity contribution >= 4 is 6.08 Å². The molecule has 1 fully saturated rings. The van der Waals surface area contributed by atoms with E-state index < -0.39 is 5.82 Å². The summed E-state index contributed by atoms with van der Waals surface area (Å²) in [6.45, 7) is 0.823. The van der Waals surface area contributed by atoms with Crippen molar-refractivity contribution in [3.63, 3.8) is 0 Å². The second-order valence-corrected chi connectivity index (χ2v) is 3.94. The number of nitrogens with zero attached hydrogens (tertiary/aromatic N) is 1. The molecule has 0 bridgehead atoms. The lowest BCUT2D eigenvalue weighted by molar-refractivity contribution is 0.624. The van der Waals surface area contributed by atoms with Gasteiger partial charge < -0.3 is 5.32 Å². The molecule has 0 aliphatic heterocycles. The normalized spacial score (nSPS) is 15.2. The minimum absolute atomic E-state index is 0.0947. The van der Waals surface area contributed by atoms with Gasteiger partial charge in [-0.15, -0.1) is 0 Å². The van der Waals surface area contributed by atoms with Gasteiger partial charge in [-0.05, 0) is 30.5 Å². The molecule has 0 aromatic heterocycles. The van der Waals surface area contributed by atoms with Crippen molar-refractivity contribution in [2.24, 2.45) is 0 Å². The molecule has 0 unspecified atom stereocenters. The Kier molecular flexibility index (Phi) is 3.33. The molecule has 1 N–H and O–H groups in total. The minimum Gasteiger partial charge on any atom is -0.311 e. The third-order valence-corrected chi connectivity index (χ3v) is 2.52. The maximum atomic E-state index is 13.0. The molecule has 0 heterocycles. The van der Waals surface area contributed by atoms with E-state index in [9.17, 15) is 4.39 Å². The van der Waals surface area contributed by atoms with Crippen LogP contribution >= 0.6 is 0 Å². The average molecular weight is 216 g/mol. The van der Waals surface area contributed by atoms with Crippen molar-refractivity contribution in [1.29, 1.82) is 5.26 Å². The zero-order valence-electron chi connectivity index (χ0n) is 8.91. The fourth-order valence-corrected chi connectivity index (χ4v) is 1.45. The standard InChI is InChI=1S/C13H13FN2/c14-13-6-3-10(8-11(13)9-15)2-1-7-16-12-4-5-12/h1-3,6,8,12,16H,4-5,7H2/b2-1+. The molecule has 82 valence electrons. The van der Waals surface area contributed by atoms with Gasteiger partial charge in [0, 0.05) is 12.6 Å². The largest absolute Gasteiger partial charge is 0.311 e. The molecule has 3 heteroatoms. The quantitative estimate of drug-likeness (QED) is 0.839.